The van der Waals surface area contributed by atoms with Crippen LogP contribution in [0.3, 0.4) is 0 Å². The lowest BCUT2D eigenvalue weighted by atomic mass is 9.99. The average Bonchev–Trinajstić information content (AvgIpc) is 3.65. The molecule has 1 aliphatic heterocycles. The molecule has 11 heteroatoms. The van der Waals surface area contributed by atoms with Crippen LogP contribution in [0.4, 0.5) is 0 Å². The van der Waals surface area contributed by atoms with E-state index in [2.05, 4.69) is 86.8 Å². The summed E-state index contributed by atoms with van der Waals surface area (Å²) in [4.78, 5) is 26.7. The van der Waals surface area contributed by atoms with Gasteiger partial charge in [-0.3, -0.25) is 9.59 Å². The van der Waals surface area contributed by atoms with Gasteiger partial charge in [-0.15, -0.1) is 0 Å². The number of ether oxygens (including phenoxy) is 3. The Morgan fingerprint density at radius 2 is 0.857 bits per heavy atom. The van der Waals surface area contributed by atoms with Crippen molar-refractivity contribution in [3.8, 4) is 0 Å². The highest BCUT2D eigenvalue weighted by Crippen LogP contribution is 2.26. The Morgan fingerprint density at radius 3 is 1.29 bits per heavy atom. The smallest absolute Gasteiger partial charge is 0.306 e. The molecule has 0 bridgehead atoms. The second kappa shape index (κ2) is 60.4. The van der Waals surface area contributed by atoms with Crippen LogP contribution >= 0.6 is 0 Å². The molecule has 488 valence electrons. The predicted molar refractivity (Wildman–Crippen MR) is 352 cm³/mol. The Balaban J connectivity index is 2.59. The minimum absolute atomic E-state index is 0.109. The molecule has 0 aromatic rings. The third kappa shape index (κ3) is 47.2. The van der Waals surface area contributed by atoms with Gasteiger partial charge in [0.1, 0.15) is 24.4 Å². The molecule has 1 saturated heterocycles. The van der Waals surface area contributed by atoms with Crippen molar-refractivity contribution in [1.29, 1.82) is 0 Å². The quantitative estimate of drug-likeness (QED) is 0.0195. The fourth-order valence-corrected chi connectivity index (χ4v) is 10.9. The SMILES string of the molecule is CC/C=C\C/C=C\C/C=C\C/C=C\C/C=C\CCCCCCCCCC(=O)OC1C(OCC(NC(=O)C(O)CCCCCCCCCCCCCCCCCCCCCC)C(O)/C=C/CCCCCCCCCCCC)OC(CO)C(O)C1O. The molecule has 0 radical (unpaired) electrons. The monoisotopic (exact) mass is 1180 g/mol. The molecule has 84 heavy (non-hydrogen) atoms. The maximum atomic E-state index is 13.5. The van der Waals surface area contributed by atoms with Gasteiger partial charge in [0.15, 0.2) is 12.4 Å². The summed E-state index contributed by atoms with van der Waals surface area (Å²) < 4.78 is 17.7. The number of carbonyl (C=O) groups excluding carboxylic acids is 2. The molecule has 0 aromatic heterocycles. The topological polar surface area (TPSA) is 175 Å². The molecule has 0 spiro atoms. The second-order valence-electron chi connectivity index (χ2n) is 24.2. The molecule has 8 unspecified atom stereocenters. The van der Waals surface area contributed by atoms with Gasteiger partial charge < -0.3 is 45.1 Å². The Kier molecular flexibility index (Phi) is 56.9. The fourth-order valence-electron chi connectivity index (χ4n) is 10.9. The fraction of sp³-hybridized carbons (Fsp3) is 0.808. The molecule has 1 amide bonds. The van der Waals surface area contributed by atoms with Gasteiger partial charge in [0.25, 0.3) is 0 Å². The summed E-state index contributed by atoms with van der Waals surface area (Å²) in [6.45, 7) is 5.71. The van der Waals surface area contributed by atoms with Crippen LogP contribution in [0.2, 0.25) is 0 Å². The van der Waals surface area contributed by atoms with Crippen LogP contribution in [0.25, 0.3) is 0 Å². The highest BCUT2D eigenvalue weighted by atomic mass is 16.7. The van der Waals surface area contributed by atoms with E-state index in [1.54, 1.807) is 6.08 Å². The van der Waals surface area contributed by atoms with E-state index in [1.165, 1.54) is 154 Å². The van der Waals surface area contributed by atoms with Gasteiger partial charge in [-0.2, -0.15) is 0 Å². The van der Waals surface area contributed by atoms with E-state index >= 15 is 0 Å². The van der Waals surface area contributed by atoms with Crippen molar-refractivity contribution < 1.29 is 49.3 Å². The normalized spacial score (nSPS) is 18.9. The third-order valence-electron chi connectivity index (χ3n) is 16.4. The molecule has 8 atom stereocenters. The summed E-state index contributed by atoms with van der Waals surface area (Å²) in [7, 11) is 0. The Bertz CT molecular complexity index is 1640. The number of esters is 1. The van der Waals surface area contributed by atoms with Gasteiger partial charge in [0.05, 0.1) is 25.4 Å². The second-order valence-corrected chi connectivity index (χ2v) is 24.2. The number of hydrogen-bond donors (Lipinski definition) is 6. The van der Waals surface area contributed by atoms with Gasteiger partial charge >= 0.3 is 5.97 Å². The number of rotatable bonds is 60. The summed E-state index contributed by atoms with van der Waals surface area (Å²) in [5.74, 6) is -1.20. The number of carbonyl (C=O) groups is 2. The van der Waals surface area contributed by atoms with Gasteiger partial charge in [-0.25, -0.2) is 0 Å². The molecule has 1 fully saturated rings. The van der Waals surface area contributed by atoms with E-state index in [9.17, 15) is 35.1 Å². The Morgan fingerprint density at radius 1 is 0.476 bits per heavy atom. The van der Waals surface area contributed by atoms with Gasteiger partial charge in [0, 0.05) is 6.42 Å². The maximum absolute atomic E-state index is 13.5. The van der Waals surface area contributed by atoms with Crippen molar-refractivity contribution in [2.24, 2.45) is 0 Å². The maximum Gasteiger partial charge on any atom is 0.306 e. The first-order valence-corrected chi connectivity index (χ1v) is 35.2. The highest BCUT2D eigenvalue weighted by molar-refractivity contribution is 5.80. The zero-order valence-corrected chi connectivity index (χ0v) is 54.3. The van der Waals surface area contributed by atoms with Gasteiger partial charge in [-0.1, -0.05) is 312 Å². The average molecular weight is 1180 g/mol. The van der Waals surface area contributed by atoms with Crippen LogP contribution in [0.1, 0.15) is 316 Å². The first-order valence-electron chi connectivity index (χ1n) is 35.2. The highest BCUT2D eigenvalue weighted by Gasteiger charge is 2.47. The summed E-state index contributed by atoms with van der Waals surface area (Å²) in [6.07, 6.45) is 67.9. The van der Waals surface area contributed by atoms with Crippen LogP contribution < -0.4 is 5.32 Å². The number of amides is 1. The van der Waals surface area contributed by atoms with E-state index < -0.39 is 67.4 Å². The zero-order chi connectivity index (χ0) is 61.0. The molecular formula is C73H131NO10. The van der Waals surface area contributed by atoms with Crippen LogP contribution in [0, 0.1) is 0 Å². The number of unbranched alkanes of at least 4 members (excludes halogenated alkanes) is 36. The number of aliphatic hydroxyl groups is 5. The molecular weight excluding hydrogens is 1050 g/mol. The number of nitrogens with one attached hydrogen (secondary N) is 1. The van der Waals surface area contributed by atoms with Crippen LogP contribution in [0.15, 0.2) is 72.9 Å². The van der Waals surface area contributed by atoms with E-state index in [0.717, 1.165) is 116 Å². The minimum Gasteiger partial charge on any atom is -0.454 e. The Labute approximate surface area is 515 Å². The van der Waals surface area contributed by atoms with Crippen LogP contribution in [0.5, 0.6) is 0 Å². The van der Waals surface area contributed by atoms with E-state index in [0.29, 0.717) is 19.3 Å². The number of allylic oxidation sites excluding steroid dienone is 11. The number of hydrogen-bond acceptors (Lipinski definition) is 10. The standard InChI is InChI=1S/C73H131NO10/c1-4-7-10-13-16-19-22-25-27-29-31-33-34-35-37-39-41-43-46-49-52-55-58-61-68(78)84-71-70(80)69(79)67(62-75)83-73(71)82-63-64(65(76)59-56-53-50-47-44-24-21-18-15-12-9-6-3)74-72(81)66(77)60-57-54-51-48-45-42-40-38-36-32-30-28-26-23-20-17-14-11-8-5-2/h7,10,16,19,25,27,31,33,35,37,56,59,64-67,69-71,73,75-77,79-80H,4-6,8-9,11-15,17-18,20-24,26,28-30,32,34,36,38-55,57-58,60-63H2,1-3H3,(H,74,81)/b10-7-,19-16-,27-25-,33-31-,37-35-,59-56+. The van der Waals surface area contributed by atoms with Crippen molar-refractivity contribution in [3.05, 3.63) is 72.9 Å². The van der Waals surface area contributed by atoms with Crippen molar-refractivity contribution in [2.75, 3.05) is 13.2 Å². The lowest BCUT2D eigenvalue weighted by Crippen LogP contribution is -2.61. The molecule has 1 heterocycles. The van der Waals surface area contributed by atoms with Gasteiger partial charge in [-0.05, 0) is 70.6 Å². The minimum atomic E-state index is -1.62. The van der Waals surface area contributed by atoms with E-state index in [4.69, 9.17) is 14.2 Å². The molecule has 1 rings (SSSR count). The lowest BCUT2D eigenvalue weighted by molar-refractivity contribution is -0.305. The van der Waals surface area contributed by atoms with E-state index in [-0.39, 0.29) is 13.0 Å². The van der Waals surface area contributed by atoms with Crippen molar-refractivity contribution in [2.45, 2.75) is 365 Å². The lowest BCUT2D eigenvalue weighted by Gasteiger charge is -2.41. The molecule has 0 saturated carbocycles. The third-order valence-corrected chi connectivity index (χ3v) is 16.4. The molecule has 11 nitrogen and oxygen atoms in total. The first kappa shape index (κ1) is 79.1. The number of aliphatic hydroxyl groups excluding tert-OH is 5. The summed E-state index contributed by atoms with van der Waals surface area (Å²) in [6, 6.07) is -1.03. The van der Waals surface area contributed by atoms with Crippen LogP contribution in [-0.4, -0.2) is 99.6 Å². The largest absolute Gasteiger partial charge is 0.454 e. The van der Waals surface area contributed by atoms with Crippen molar-refractivity contribution in [3.63, 3.8) is 0 Å². The molecule has 0 aliphatic carbocycles. The summed E-state index contributed by atoms with van der Waals surface area (Å²) in [5, 5.41) is 57.2. The van der Waals surface area contributed by atoms with Crippen LogP contribution in [-0.2, 0) is 23.8 Å². The van der Waals surface area contributed by atoms with Crippen molar-refractivity contribution >= 4 is 11.9 Å². The van der Waals surface area contributed by atoms with E-state index in [1.807, 2.05) is 6.08 Å². The summed E-state index contributed by atoms with van der Waals surface area (Å²) in [5.41, 5.74) is 0. The Hall–Kier alpha value is -2.90. The molecule has 1 aliphatic rings. The summed E-state index contributed by atoms with van der Waals surface area (Å²) >= 11 is 0. The first-order chi connectivity index (χ1) is 41.2. The zero-order valence-electron chi connectivity index (χ0n) is 54.3. The molecule has 6 N–H and O–H groups in total. The molecule has 0 aromatic carbocycles. The predicted octanol–water partition coefficient (Wildman–Crippen LogP) is 17.9. The van der Waals surface area contributed by atoms with Crippen molar-refractivity contribution in [1.82, 2.24) is 5.32 Å². The van der Waals surface area contributed by atoms with Gasteiger partial charge in [0.2, 0.25) is 5.91 Å².